The Kier molecular flexibility index (Phi) is 2.99. The van der Waals surface area contributed by atoms with E-state index < -0.39 is 24.3 Å². The van der Waals surface area contributed by atoms with Gasteiger partial charge in [0, 0.05) is 27.7 Å². The summed E-state index contributed by atoms with van der Waals surface area (Å²) in [7, 11) is 1.63. The van der Waals surface area contributed by atoms with Crippen LogP contribution in [0, 0.1) is 12.5 Å². The van der Waals surface area contributed by atoms with Crippen LogP contribution in [0.3, 0.4) is 0 Å². The van der Waals surface area contributed by atoms with Crippen molar-refractivity contribution in [3.05, 3.63) is 30.0 Å². The molecule has 0 unspecified atom stereocenters. The summed E-state index contributed by atoms with van der Waals surface area (Å²) in [6.07, 6.45) is 3.23. The zero-order valence-electron chi connectivity index (χ0n) is 17.0. The van der Waals surface area contributed by atoms with Gasteiger partial charge in [0.2, 0.25) is 0 Å². The fraction of sp³-hybridized carbons (Fsp3) is 0.500. The van der Waals surface area contributed by atoms with Gasteiger partial charge in [-0.05, 0) is 18.4 Å². The largest absolute Gasteiger partial charge is 0.354 e. The number of carbonyl (C=O) groups is 1. The molecular weight excluding hydrogens is 292 g/mol. The number of nitrogens with one attached hydrogen (secondary N) is 1. The topological polar surface area (TPSA) is 69.5 Å². The molecule has 2 atom stereocenters. The molecule has 7 nitrogen and oxygen atoms in total. The van der Waals surface area contributed by atoms with Crippen LogP contribution in [0.15, 0.2) is 18.6 Å². The predicted molar refractivity (Wildman–Crippen MR) is 87.9 cm³/mol. The molecule has 0 aromatic carbocycles. The van der Waals surface area contributed by atoms with Gasteiger partial charge in [0.25, 0.3) is 6.50 Å². The Labute approximate surface area is 140 Å². The number of fused-ring (bicyclic) bond motifs is 1. The molecule has 1 aliphatic heterocycles. The van der Waals surface area contributed by atoms with Crippen LogP contribution in [0.5, 0.6) is 0 Å². The van der Waals surface area contributed by atoms with Crippen molar-refractivity contribution in [1.29, 1.82) is 0 Å². The van der Waals surface area contributed by atoms with E-state index in [1.165, 1.54) is 11.2 Å². The summed E-state index contributed by atoms with van der Waals surface area (Å²) < 4.78 is 32.9. The number of piperidine rings is 1. The molecule has 3 rings (SSSR count). The second-order valence-electron chi connectivity index (χ2n) is 5.42. The van der Waals surface area contributed by atoms with Crippen molar-refractivity contribution in [2.75, 3.05) is 31.5 Å². The molecule has 3 heterocycles. The molecule has 120 valence electrons. The Morgan fingerprint density at radius 1 is 1.70 bits per heavy atom. The molecule has 1 N–H and O–H groups in total. The molecule has 1 fully saturated rings. The van der Waals surface area contributed by atoms with Gasteiger partial charge in [-0.2, -0.15) is 0 Å². The third-order valence-corrected chi connectivity index (χ3v) is 4.08. The molecular formula is C16H20N6O. The van der Waals surface area contributed by atoms with Gasteiger partial charge in [0.1, 0.15) is 20.5 Å². The normalized spacial score (nSPS) is 30.7. The molecule has 23 heavy (non-hydrogen) atoms. The summed E-state index contributed by atoms with van der Waals surface area (Å²) in [5.41, 5.74) is 0.593. The van der Waals surface area contributed by atoms with E-state index >= 15 is 0 Å². The number of anilines is 1. The maximum atomic E-state index is 12.4. The second kappa shape index (κ2) is 6.24. The van der Waals surface area contributed by atoms with Crippen LogP contribution in [0.25, 0.3) is 15.9 Å². The first-order chi connectivity index (χ1) is 12.5. The first-order valence-corrected chi connectivity index (χ1v) is 7.23. The SMILES string of the molecule is [2H]C([2H])([N+]#[C-])C(=O)N1CC[C@@]([2H])(C)[C@@]([2H])(N(C)c2ncnc3[nH]ccc23)C1. The first-order valence-electron chi connectivity index (χ1n) is 9.23. The van der Waals surface area contributed by atoms with E-state index in [1.54, 1.807) is 26.2 Å². The lowest BCUT2D eigenvalue weighted by Crippen LogP contribution is -2.53. The number of H-pyrrole nitrogens is 1. The third-order valence-electron chi connectivity index (χ3n) is 4.08. The highest BCUT2D eigenvalue weighted by molar-refractivity contribution is 5.87. The Hall–Kier alpha value is -2.62. The van der Waals surface area contributed by atoms with E-state index in [-0.39, 0.29) is 19.5 Å². The van der Waals surface area contributed by atoms with Crippen molar-refractivity contribution in [2.45, 2.75) is 19.4 Å². The summed E-state index contributed by atoms with van der Waals surface area (Å²) in [6.45, 7) is 5.75. The van der Waals surface area contributed by atoms with Crippen molar-refractivity contribution in [3.63, 3.8) is 0 Å². The monoisotopic (exact) mass is 316 g/mol. The zero-order valence-corrected chi connectivity index (χ0v) is 13.0. The lowest BCUT2D eigenvalue weighted by Gasteiger charge is -2.41. The number of nitrogens with zero attached hydrogens (tertiary/aromatic N) is 5. The molecule has 0 spiro atoms. The molecule has 0 radical (unpaired) electrons. The van der Waals surface area contributed by atoms with Crippen LogP contribution in [-0.4, -0.2) is 58.4 Å². The molecule has 0 bridgehead atoms. The number of amides is 1. The highest BCUT2D eigenvalue weighted by atomic mass is 16.2. The van der Waals surface area contributed by atoms with Gasteiger partial charge in [-0.3, -0.25) is 4.79 Å². The number of hydrogen-bond acceptors (Lipinski definition) is 4. The van der Waals surface area contributed by atoms with Gasteiger partial charge in [0.15, 0.2) is 0 Å². The standard InChI is InChI=1S/C16H20N6O/c1-11-5-7-22(14(23)8-17-2)9-13(11)21(3)16-12-4-6-18-15(12)19-10-20-16/h4,6,10-11,13H,5,7-9H2,1,3H3,(H,18,19,20)/t11-,13+/m1/s1/i8D2,11D,13D. The first kappa shape index (κ1) is 11.0. The van der Waals surface area contributed by atoms with Gasteiger partial charge in [-0.25, -0.2) is 16.5 Å². The van der Waals surface area contributed by atoms with E-state index in [0.29, 0.717) is 16.9 Å². The number of aromatic nitrogens is 3. The molecule has 0 saturated carbocycles. The van der Waals surface area contributed by atoms with Gasteiger partial charge in [0.05, 0.1) is 12.8 Å². The van der Waals surface area contributed by atoms with Crippen molar-refractivity contribution in [2.24, 2.45) is 5.89 Å². The molecule has 1 saturated heterocycles. The third kappa shape index (κ3) is 2.84. The summed E-state index contributed by atoms with van der Waals surface area (Å²) in [6, 6.07) is 0.173. The molecule has 2 aromatic heterocycles. The van der Waals surface area contributed by atoms with Crippen LogP contribution >= 0.6 is 0 Å². The highest BCUT2D eigenvalue weighted by Gasteiger charge is 2.33. The van der Waals surface area contributed by atoms with Gasteiger partial charge in [-0.1, -0.05) is 6.92 Å². The Morgan fingerprint density at radius 3 is 3.30 bits per heavy atom. The minimum absolute atomic E-state index is 0.117. The number of likely N-dealkylation sites (tertiary alicyclic amines) is 1. The number of aromatic amines is 1. The van der Waals surface area contributed by atoms with E-state index in [2.05, 4.69) is 19.8 Å². The molecule has 1 aliphatic rings. The van der Waals surface area contributed by atoms with E-state index in [4.69, 9.17) is 12.1 Å². The Bertz CT molecular complexity index is 923. The number of hydrogen-bond donors (Lipinski definition) is 1. The van der Waals surface area contributed by atoms with Gasteiger partial charge < -0.3 is 19.6 Å². The average Bonchev–Trinajstić information content (AvgIpc) is 3.11. The van der Waals surface area contributed by atoms with Crippen LogP contribution < -0.4 is 4.90 Å². The van der Waals surface area contributed by atoms with E-state index in [0.717, 1.165) is 4.90 Å². The zero-order chi connectivity index (χ0) is 20.0. The lowest BCUT2D eigenvalue weighted by atomic mass is 9.92. The predicted octanol–water partition coefficient (Wildman–Crippen LogP) is 1.55. The molecule has 0 aliphatic carbocycles. The van der Waals surface area contributed by atoms with Crippen LogP contribution in [-0.2, 0) is 4.79 Å². The van der Waals surface area contributed by atoms with Crippen molar-refractivity contribution < 1.29 is 10.3 Å². The molecule has 1 amide bonds. The number of rotatable bonds is 3. The van der Waals surface area contributed by atoms with Crippen molar-refractivity contribution in [1.82, 2.24) is 19.9 Å². The quantitative estimate of drug-likeness (QED) is 0.872. The van der Waals surface area contributed by atoms with Crippen molar-refractivity contribution >= 4 is 22.8 Å². The van der Waals surface area contributed by atoms with Crippen LogP contribution in [0.4, 0.5) is 5.82 Å². The number of likely N-dealkylation sites (N-methyl/N-ethyl adjacent to an activating group) is 1. The fourth-order valence-corrected chi connectivity index (χ4v) is 2.78. The summed E-state index contributed by atoms with van der Waals surface area (Å²) in [4.78, 5) is 29.2. The summed E-state index contributed by atoms with van der Waals surface area (Å²) in [5.74, 6) is -1.79. The summed E-state index contributed by atoms with van der Waals surface area (Å²) in [5, 5.41) is 0.683. The van der Waals surface area contributed by atoms with Crippen LogP contribution in [0.1, 0.15) is 18.8 Å². The second-order valence-corrected chi connectivity index (χ2v) is 5.42. The maximum absolute atomic E-state index is 12.4. The highest BCUT2D eigenvalue weighted by Crippen LogP contribution is 2.28. The van der Waals surface area contributed by atoms with Gasteiger partial charge in [-0.15, -0.1) is 0 Å². The maximum Gasteiger partial charge on any atom is 0.302 e. The van der Waals surface area contributed by atoms with E-state index in [9.17, 15) is 4.79 Å². The number of carbonyl (C=O) groups excluding carboxylic acids is 1. The Morgan fingerprint density at radius 2 is 2.52 bits per heavy atom. The minimum Gasteiger partial charge on any atom is -0.354 e. The van der Waals surface area contributed by atoms with E-state index in [1.807, 2.05) is 0 Å². The minimum atomic E-state index is -2.68. The molecule has 2 aromatic rings. The molecule has 7 heteroatoms. The van der Waals surface area contributed by atoms with Gasteiger partial charge >= 0.3 is 5.91 Å². The van der Waals surface area contributed by atoms with Crippen molar-refractivity contribution in [3.8, 4) is 0 Å². The lowest BCUT2D eigenvalue weighted by molar-refractivity contribution is -0.130. The summed E-state index contributed by atoms with van der Waals surface area (Å²) >= 11 is 0. The smallest absolute Gasteiger partial charge is 0.302 e. The Balaban J connectivity index is 2.01. The fourth-order valence-electron chi connectivity index (χ4n) is 2.78. The van der Waals surface area contributed by atoms with Crippen LogP contribution in [0.2, 0.25) is 0 Å². The average molecular weight is 316 g/mol.